The van der Waals surface area contributed by atoms with Crippen LogP contribution in [0.25, 0.3) is 0 Å². The Morgan fingerprint density at radius 2 is 0.818 bits per heavy atom. The van der Waals surface area contributed by atoms with Crippen molar-refractivity contribution in [2.24, 2.45) is 0 Å². The molecule has 0 spiro atoms. The number of phosphoric acid groups is 1. The summed E-state index contributed by atoms with van der Waals surface area (Å²) in [5.74, 6) is -0.914. The van der Waals surface area contributed by atoms with Crippen LogP contribution in [0.5, 0.6) is 0 Å². The molecule has 0 N–H and O–H groups in total. The summed E-state index contributed by atoms with van der Waals surface area (Å²) in [5, 5.41) is 0. The highest BCUT2D eigenvalue weighted by Crippen LogP contribution is 2.38. The van der Waals surface area contributed by atoms with Gasteiger partial charge in [0.25, 0.3) is 7.82 Å². The lowest BCUT2D eigenvalue weighted by Gasteiger charge is -2.28. The van der Waals surface area contributed by atoms with Gasteiger partial charge in [-0.15, -0.1) is 0 Å². The fraction of sp³-hybridized carbons (Fsp3) is 0.571. The Hall–Kier alpha value is -3.85. The highest BCUT2D eigenvalue weighted by molar-refractivity contribution is 7.45. The van der Waals surface area contributed by atoms with E-state index in [1.807, 2.05) is 21.1 Å². The first-order chi connectivity index (χ1) is 32.0. The van der Waals surface area contributed by atoms with Gasteiger partial charge in [-0.2, -0.15) is 0 Å². The van der Waals surface area contributed by atoms with Crippen molar-refractivity contribution in [3.05, 3.63) is 134 Å². The first-order valence-corrected chi connectivity index (χ1v) is 26.4. The van der Waals surface area contributed by atoms with E-state index in [1.54, 1.807) is 0 Å². The number of unbranched alkanes of at least 4 members (excludes halogenated alkanes) is 7. The monoisotopic (exact) mass is 936 g/mol. The molecule has 2 atom stereocenters. The van der Waals surface area contributed by atoms with Crippen LogP contribution in [0.4, 0.5) is 0 Å². The summed E-state index contributed by atoms with van der Waals surface area (Å²) in [6.45, 7) is 3.90. The van der Waals surface area contributed by atoms with Crippen molar-refractivity contribution in [3.63, 3.8) is 0 Å². The average Bonchev–Trinajstić information content (AvgIpc) is 3.27. The van der Waals surface area contributed by atoms with E-state index < -0.39 is 32.5 Å². The normalized spacial score (nSPS) is 14.6. The van der Waals surface area contributed by atoms with Crippen LogP contribution in [0.15, 0.2) is 134 Å². The molecule has 0 saturated carbocycles. The molecule has 9 nitrogen and oxygen atoms in total. The second-order valence-corrected chi connectivity index (χ2v) is 18.5. The number of phosphoric ester groups is 1. The number of ether oxygens (including phenoxy) is 2. The summed E-state index contributed by atoms with van der Waals surface area (Å²) < 4.78 is 33.9. The summed E-state index contributed by atoms with van der Waals surface area (Å²) in [6, 6.07) is 0. The topological polar surface area (TPSA) is 111 Å². The lowest BCUT2D eigenvalue weighted by molar-refractivity contribution is -0.870. The van der Waals surface area contributed by atoms with Crippen LogP contribution in [0.2, 0.25) is 0 Å². The molecule has 0 aliphatic heterocycles. The second-order valence-electron chi connectivity index (χ2n) is 17.1. The van der Waals surface area contributed by atoms with Gasteiger partial charge in [-0.3, -0.25) is 14.2 Å². The van der Waals surface area contributed by atoms with Crippen LogP contribution in [-0.4, -0.2) is 70.0 Å². The highest BCUT2D eigenvalue weighted by atomic mass is 31.2. The Kier molecular flexibility index (Phi) is 43.6. The predicted molar refractivity (Wildman–Crippen MR) is 277 cm³/mol. The lowest BCUT2D eigenvalue weighted by atomic mass is 10.1. The SMILES string of the molecule is CC/C=C\C/C=C\C/C=C\C/C=C\C/C=C\C/C=C\C/C=C\C/C=C\CCCCCCC(=O)OC(COC(=O)CCCCC/C=C\C/C=C\C/C=C\CC)COP(=O)([O-])OCC[N+](C)(C)C. The summed E-state index contributed by atoms with van der Waals surface area (Å²) in [5.41, 5.74) is 0. The lowest BCUT2D eigenvalue weighted by Crippen LogP contribution is -2.37. The summed E-state index contributed by atoms with van der Waals surface area (Å²) >= 11 is 0. The molecule has 0 rings (SSSR count). The van der Waals surface area contributed by atoms with Crippen LogP contribution < -0.4 is 4.89 Å². The van der Waals surface area contributed by atoms with Crippen molar-refractivity contribution >= 4 is 19.8 Å². The fourth-order valence-electron chi connectivity index (χ4n) is 5.86. The van der Waals surface area contributed by atoms with Gasteiger partial charge in [0.1, 0.15) is 19.8 Å². The summed E-state index contributed by atoms with van der Waals surface area (Å²) in [4.78, 5) is 37.6. The van der Waals surface area contributed by atoms with Crippen LogP contribution in [0.1, 0.15) is 155 Å². The van der Waals surface area contributed by atoms with Crippen molar-refractivity contribution in [3.8, 4) is 0 Å². The molecule has 0 aromatic heterocycles. The van der Waals surface area contributed by atoms with E-state index in [2.05, 4.69) is 148 Å². The summed E-state index contributed by atoms with van der Waals surface area (Å²) in [7, 11) is 1.10. The number of quaternary nitrogens is 1. The first-order valence-electron chi connectivity index (χ1n) is 24.9. The number of hydrogen-bond acceptors (Lipinski definition) is 8. The number of allylic oxidation sites excluding steroid dienone is 22. The number of nitrogens with zero attached hydrogens (tertiary/aromatic N) is 1. The third-order valence-corrected chi connectivity index (χ3v) is 10.6. The molecule has 10 heteroatoms. The van der Waals surface area contributed by atoms with Gasteiger partial charge in [0.2, 0.25) is 0 Å². The largest absolute Gasteiger partial charge is 0.756 e. The smallest absolute Gasteiger partial charge is 0.306 e. The van der Waals surface area contributed by atoms with Crippen molar-refractivity contribution < 1.29 is 42.1 Å². The molecule has 0 radical (unpaired) electrons. The van der Waals surface area contributed by atoms with E-state index in [9.17, 15) is 19.0 Å². The standard InChI is InChI=1S/C56H90NO8P/c1-6-8-10-12-14-16-18-20-21-22-23-24-25-26-27-28-29-30-31-32-33-34-35-37-39-41-43-45-47-49-56(59)65-54(53-64-66(60,61)63-51-50-57(3,4)5)52-62-55(58)48-46-44-42-40-38-36-19-17-15-13-11-9-7-2/h8-11,14-17,20-21,23-24,26-27,29-30,32-33,35-38,54H,6-7,12-13,18-19,22,25,28,31,34,39-53H2,1-5H3/b10-8-,11-9-,16-14-,17-15-,21-20-,24-23-,27-26-,30-29-,33-32-,37-35-,38-36-. The Morgan fingerprint density at radius 3 is 1.21 bits per heavy atom. The van der Waals surface area contributed by atoms with E-state index in [0.717, 1.165) is 116 Å². The zero-order valence-corrected chi connectivity index (χ0v) is 42.7. The van der Waals surface area contributed by atoms with Gasteiger partial charge >= 0.3 is 11.9 Å². The predicted octanol–water partition coefficient (Wildman–Crippen LogP) is 14.4. The Bertz CT molecular complexity index is 1570. The first kappa shape index (κ1) is 62.1. The number of rotatable bonds is 43. The molecule has 0 aromatic rings. The van der Waals surface area contributed by atoms with Crippen LogP contribution in [0.3, 0.4) is 0 Å². The third kappa shape index (κ3) is 49.6. The number of esters is 2. The van der Waals surface area contributed by atoms with Gasteiger partial charge < -0.3 is 27.9 Å². The molecule has 372 valence electrons. The van der Waals surface area contributed by atoms with E-state index in [-0.39, 0.29) is 26.1 Å². The van der Waals surface area contributed by atoms with Crippen LogP contribution in [-0.2, 0) is 32.7 Å². The molecule has 0 saturated heterocycles. The van der Waals surface area contributed by atoms with E-state index in [0.29, 0.717) is 23.9 Å². The number of likely N-dealkylation sites (N-methyl/N-ethyl adjacent to an activating group) is 1. The molecule has 0 aliphatic carbocycles. The number of carbonyl (C=O) groups is 2. The Balaban J connectivity index is 4.35. The van der Waals surface area contributed by atoms with Gasteiger partial charge in [0.15, 0.2) is 6.10 Å². The van der Waals surface area contributed by atoms with Crippen LogP contribution in [0, 0.1) is 0 Å². The Morgan fingerprint density at radius 1 is 0.470 bits per heavy atom. The van der Waals surface area contributed by atoms with Gasteiger partial charge in [0.05, 0.1) is 27.7 Å². The minimum atomic E-state index is -4.65. The highest BCUT2D eigenvalue weighted by Gasteiger charge is 2.21. The summed E-state index contributed by atoms with van der Waals surface area (Å²) in [6.07, 6.45) is 66.4. The molecule has 66 heavy (non-hydrogen) atoms. The maximum Gasteiger partial charge on any atom is 0.306 e. The van der Waals surface area contributed by atoms with E-state index in [1.165, 1.54) is 0 Å². The molecule has 2 unspecified atom stereocenters. The zero-order chi connectivity index (χ0) is 48.5. The molecule has 0 amide bonds. The zero-order valence-electron chi connectivity index (χ0n) is 41.8. The van der Waals surface area contributed by atoms with Gasteiger partial charge in [-0.05, 0) is 109 Å². The molecule has 0 aliphatic rings. The molecule has 0 fully saturated rings. The molecule has 0 aromatic carbocycles. The molecule has 0 heterocycles. The maximum absolute atomic E-state index is 12.7. The van der Waals surface area contributed by atoms with Gasteiger partial charge in [-0.25, -0.2) is 0 Å². The maximum atomic E-state index is 12.7. The molecular formula is C56H90NO8P. The quantitative estimate of drug-likeness (QED) is 0.0195. The van der Waals surface area contributed by atoms with Crippen molar-refractivity contribution in [1.29, 1.82) is 0 Å². The number of hydrogen-bond donors (Lipinski definition) is 0. The second kappa shape index (κ2) is 46.3. The van der Waals surface area contributed by atoms with Crippen molar-refractivity contribution in [1.82, 2.24) is 0 Å². The number of carbonyl (C=O) groups excluding carboxylic acids is 2. The van der Waals surface area contributed by atoms with Crippen LogP contribution >= 0.6 is 7.82 Å². The molecular weight excluding hydrogens is 846 g/mol. The van der Waals surface area contributed by atoms with Crippen molar-refractivity contribution in [2.45, 2.75) is 161 Å². The van der Waals surface area contributed by atoms with E-state index in [4.69, 9.17) is 18.5 Å². The third-order valence-electron chi connectivity index (χ3n) is 9.67. The minimum Gasteiger partial charge on any atom is -0.756 e. The van der Waals surface area contributed by atoms with Crippen molar-refractivity contribution in [2.75, 3.05) is 47.5 Å². The van der Waals surface area contributed by atoms with Gasteiger partial charge in [-0.1, -0.05) is 167 Å². The fourth-order valence-corrected chi connectivity index (χ4v) is 6.59. The average molecular weight is 936 g/mol. The van der Waals surface area contributed by atoms with E-state index >= 15 is 0 Å². The molecule has 0 bridgehead atoms. The Labute approximate surface area is 402 Å². The van der Waals surface area contributed by atoms with Gasteiger partial charge in [0, 0.05) is 12.8 Å². The minimum absolute atomic E-state index is 0.0495.